The quantitative estimate of drug-likeness (QED) is 0.782. The first-order chi connectivity index (χ1) is 11.1. The van der Waals surface area contributed by atoms with E-state index in [4.69, 9.17) is 16.0 Å². The van der Waals surface area contributed by atoms with Crippen molar-refractivity contribution in [2.24, 2.45) is 0 Å². The molecular formula is C16H18ClN3O2S. The van der Waals surface area contributed by atoms with Gasteiger partial charge in [0.05, 0.1) is 5.75 Å². The van der Waals surface area contributed by atoms with E-state index in [1.54, 1.807) is 12.1 Å². The molecule has 23 heavy (non-hydrogen) atoms. The number of hydrogen-bond donors (Lipinski definition) is 0. The molecule has 0 unspecified atom stereocenters. The highest BCUT2D eigenvalue weighted by Gasteiger charge is 2.23. The van der Waals surface area contributed by atoms with Crippen LogP contribution in [0.2, 0.25) is 5.02 Å². The number of halogens is 1. The molecule has 3 rings (SSSR count). The summed E-state index contributed by atoms with van der Waals surface area (Å²) in [4.78, 5) is 14.2. The Kier molecular flexibility index (Phi) is 5.23. The minimum atomic E-state index is 0.133. The number of hydrogen-bond acceptors (Lipinski definition) is 5. The number of likely N-dealkylation sites (tertiary alicyclic amines) is 1. The van der Waals surface area contributed by atoms with Crippen molar-refractivity contribution in [1.29, 1.82) is 0 Å². The van der Waals surface area contributed by atoms with Crippen LogP contribution < -0.4 is 0 Å². The van der Waals surface area contributed by atoms with E-state index in [0.717, 1.165) is 24.9 Å². The molecule has 122 valence electrons. The summed E-state index contributed by atoms with van der Waals surface area (Å²) in [6, 6.07) is 7.52. The highest BCUT2D eigenvalue weighted by Crippen LogP contribution is 2.25. The Morgan fingerprint density at radius 2 is 2.13 bits per heavy atom. The van der Waals surface area contributed by atoms with Crippen molar-refractivity contribution in [3.63, 3.8) is 0 Å². The fraction of sp³-hybridized carbons (Fsp3) is 0.438. The molecule has 1 aromatic heterocycles. The van der Waals surface area contributed by atoms with Crippen molar-refractivity contribution in [3.05, 3.63) is 29.3 Å². The number of carbonyl (C=O) groups is 1. The van der Waals surface area contributed by atoms with Gasteiger partial charge < -0.3 is 9.32 Å². The predicted molar refractivity (Wildman–Crippen MR) is 90.5 cm³/mol. The monoisotopic (exact) mass is 351 g/mol. The van der Waals surface area contributed by atoms with Gasteiger partial charge in [0.2, 0.25) is 11.8 Å². The molecule has 1 amide bonds. The van der Waals surface area contributed by atoms with Crippen LogP contribution in [0.4, 0.5) is 0 Å². The minimum Gasteiger partial charge on any atom is -0.411 e. The molecule has 7 heteroatoms. The summed E-state index contributed by atoms with van der Waals surface area (Å²) in [6.07, 6.45) is 3.37. The summed E-state index contributed by atoms with van der Waals surface area (Å²) in [5.41, 5.74) is 0.810. The van der Waals surface area contributed by atoms with E-state index in [1.807, 2.05) is 17.0 Å². The number of carbonyl (C=O) groups excluding carboxylic acids is 1. The number of nitrogens with zero attached hydrogens (tertiary/aromatic N) is 3. The second kappa shape index (κ2) is 7.36. The third-order valence-electron chi connectivity index (χ3n) is 3.94. The summed E-state index contributed by atoms with van der Waals surface area (Å²) >= 11 is 7.15. The molecule has 1 aromatic carbocycles. The van der Waals surface area contributed by atoms with Crippen molar-refractivity contribution in [2.45, 2.75) is 37.5 Å². The van der Waals surface area contributed by atoms with Crippen LogP contribution in [-0.4, -0.2) is 39.3 Å². The van der Waals surface area contributed by atoms with Crippen molar-refractivity contribution < 1.29 is 9.21 Å². The summed E-state index contributed by atoms with van der Waals surface area (Å²) in [5, 5.41) is 9.08. The van der Waals surface area contributed by atoms with Gasteiger partial charge in [0.15, 0.2) is 0 Å². The van der Waals surface area contributed by atoms with Gasteiger partial charge >= 0.3 is 0 Å². The first-order valence-corrected chi connectivity index (χ1v) is 9.01. The number of aromatic nitrogens is 2. The average Bonchev–Trinajstić information content (AvgIpc) is 3.03. The van der Waals surface area contributed by atoms with Crippen LogP contribution >= 0.6 is 23.4 Å². The van der Waals surface area contributed by atoms with Gasteiger partial charge in [-0.05, 0) is 50.5 Å². The van der Waals surface area contributed by atoms with Gasteiger partial charge in [-0.2, -0.15) is 0 Å². The summed E-state index contributed by atoms with van der Waals surface area (Å²) in [5.74, 6) is 0.892. The van der Waals surface area contributed by atoms with Crippen LogP contribution in [0.3, 0.4) is 0 Å². The molecule has 0 N–H and O–H groups in total. The molecule has 1 fully saturated rings. The normalized spacial score (nSPS) is 18.2. The Hall–Kier alpha value is -1.53. The number of rotatable bonds is 4. The van der Waals surface area contributed by atoms with Crippen molar-refractivity contribution in [2.75, 3.05) is 12.3 Å². The lowest BCUT2D eigenvalue weighted by Crippen LogP contribution is -2.42. The highest BCUT2D eigenvalue weighted by atomic mass is 35.5. The Balaban J connectivity index is 1.58. The lowest BCUT2D eigenvalue weighted by molar-refractivity contribution is -0.131. The van der Waals surface area contributed by atoms with Gasteiger partial charge in [-0.3, -0.25) is 4.79 Å². The van der Waals surface area contributed by atoms with E-state index in [-0.39, 0.29) is 5.91 Å². The number of benzene rings is 1. The second-order valence-corrected chi connectivity index (χ2v) is 6.96. The Morgan fingerprint density at radius 3 is 2.87 bits per heavy atom. The molecule has 2 aromatic rings. The molecular weight excluding hydrogens is 334 g/mol. The second-order valence-electron chi connectivity index (χ2n) is 5.60. The van der Waals surface area contributed by atoms with Gasteiger partial charge in [0.25, 0.3) is 5.22 Å². The first-order valence-electron chi connectivity index (χ1n) is 7.65. The van der Waals surface area contributed by atoms with E-state index in [2.05, 4.69) is 17.1 Å². The van der Waals surface area contributed by atoms with Crippen molar-refractivity contribution in [1.82, 2.24) is 15.1 Å². The first kappa shape index (κ1) is 16.3. The molecule has 0 aliphatic carbocycles. The Morgan fingerprint density at radius 1 is 1.35 bits per heavy atom. The van der Waals surface area contributed by atoms with Gasteiger partial charge in [0.1, 0.15) is 0 Å². The largest absolute Gasteiger partial charge is 0.411 e. The fourth-order valence-corrected chi connectivity index (χ4v) is 3.43. The van der Waals surface area contributed by atoms with Crippen LogP contribution in [0.1, 0.15) is 26.2 Å². The molecule has 5 nitrogen and oxygen atoms in total. The average molecular weight is 352 g/mol. The summed E-state index contributed by atoms with van der Waals surface area (Å²) in [7, 11) is 0. The van der Waals surface area contributed by atoms with Crippen LogP contribution in [0, 0.1) is 0 Å². The van der Waals surface area contributed by atoms with E-state index in [1.165, 1.54) is 18.2 Å². The molecule has 2 heterocycles. The minimum absolute atomic E-state index is 0.133. The third-order valence-corrected chi connectivity index (χ3v) is 5.00. The summed E-state index contributed by atoms with van der Waals surface area (Å²) in [6.45, 7) is 2.95. The molecule has 0 saturated carbocycles. The molecule has 0 bridgehead atoms. The zero-order valence-corrected chi connectivity index (χ0v) is 14.4. The van der Waals surface area contributed by atoms with Crippen LogP contribution in [0.15, 0.2) is 33.9 Å². The predicted octanol–water partition coefficient (Wildman–Crippen LogP) is 3.88. The molecule has 1 aliphatic rings. The lowest BCUT2D eigenvalue weighted by atomic mass is 10.0. The maximum atomic E-state index is 12.3. The smallest absolute Gasteiger partial charge is 0.277 e. The zero-order chi connectivity index (χ0) is 16.2. The zero-order valence-electron chi connectivity index (χ0n) is 12.9. The van der Waals surface area contributed by atoms with E-state index in [9.17, 15) is 4.79 Å². The maximum absolute atomic E-state index is 12.3. The van der Waals surface area contributed by atoms with E-state index in [0.29, 0.717) is 27.9 Å². The maximum Gasteiger partial charge on any atom is 0.277 e. The van der Waals surface area contributed by atoms with Gasteiger partial charge in [0, 0.05) is 23.2 Å². The molecule has 0 spiro atoms. The standard InChI is InChI=1S/C16H18ClN3O2S/c1-11-4-2-3-9-20(11)14(21)10-23-16-19-18-15(22-16)12-5-7-13(17)8-6-12/h5-8,11H,2-4,9-10H2,1H3/t11-/m0/s1. The number of piperidine rings is 1. The van der Waals surface area contributed by atoms with Crippen LogP contribution in [-0.2, 0) is 4.79 Å². The number of thioether (sulfide) groups is 1. The SMILES string of the molecule is C[C@H]1CCCCN1C(=O)CSc1nnc(-c2ccc(Cl)cc2)o1. The summed E-state index contributed by atoms with van der Waals surface area (Å²) < 4.78 is 5.60. The highest BCUT2D eigenvalue weighted by molar-refractivity contribution is 7.99. The molecule has 1 atom stereocenters. The molecule has 1 saturated heterocycles. The van der Waals surface area contributed by atoms with Gasteiger partial charge in [-0.15, -0.1) is 10.2 Å². The Bertz CT molecular complexity index is 674. The fourth-order valence-electron chi connectivity index (χ4n) is 2.65. The topological polar surface area (TPSA) is 59.2 Å². The van der Waals surface area contributed by atoms with Crippen LogP contribution in [0.5, 0.6) is 0 Å². The van der Waals surface area contributed by atoms with Gasteiger partial charge in [-0.1, -0.05) is 23.4 Å². The third kappa shape index (κ3) is 4.06. The Labute approximate surface area is 144 Å². The molecule has 0 radical (unpaired) electrons. The van der Waals surface area contributed by atoms with Crippen molar-refractivity contribution >= 4 is 29.3 Å². The number of amides is 1. The van der Waals surface area contributed by atoms with E-state index >= 15 is 0 Å². The van der Waals surface area contributed by atoms with E-state index < -0.39 is 0 Å². The van der Waals surface area contributed by atoms with Crippen LogP contribution in [0.25, 0.3) is 11.5 Å². The molecule has 1 aliphatic heterocycles. The van der Waals surface area contributed by atoms with Crippen molar-refractivity contribution in [3.8, 4) is 11.5 Å². The lowest BCUT2D eigenvalue weighted by Gasteiger charge is -2.33. The van der Waals surface area contributed by atoms with Gasteiger partial charge in [-0.25, -0.2) is 0 Å².